The second kappa shape index (κ2) is 5.30. The van der Waals surface area contributed by atoms with Gasteiger partial charge in [-0.2, -0.15) is 0 Å². The van der Waals surface area contributed by atoms with Crippen molar-refractivity contribution < 1.29 is 14.4 Å². The molecule has 0 aromatic carbocycles. The van der Waals surface area contributed by atoms with Gasteiger partial charge in [0.05, 0.1) is 0 Å². The Morgan fingerprint density at radius 2 is 2.00 bits per heavy atom. The fraction of sp³-hybridized carbons (Fsp3) is 0.583. The highest BCUT2D eigenvalue weighted by Gasteiger charge is 2.28. The van der Waals surface area contributed by atoms with Crippen molar-refractivity contribution in [3.05, 3.63) is 12.2 Å². The first-order valence-corrected chi connectivity index (χ1v) is 6.15. The van der Waals surface area contributed by atoms with Gasteiger partial charge >= 0.3 is 0 Å². The van der Waals surface area contributed by atoms with Gasteiger partial charge in [-0.1, -0.05) is 0 Å². The molecule has 3 amide bonds. The highest BCUT2D eigenvalue weighted by atomic mass is 16.2. The van der Waals surface area contributed by atoms with Crippen molar-refractivity contribution in [2.75, 3.05) is 13.1 Å². The van der Waals surface area contributed by atoms with Gasteiger partial charge in [-0.05, 0) is 19.3 Å². The molecular weight excluding hydrogens is 234 g/mol. The van der Waals surface area contributed by atoms with Crippen LogP contribution >= 0.6 is 0 Å². The van der Waals surface area contributed by atoms with Crippen LogP contribution in [0.25, 0.3) is 0 Å². The van der Waals surface area contributed by atoms with Gasteiger partial charge in [0.2, 0.25) is 5.91 Å². The number of amides is 3. The summed E-state index contributed by atoms with van der Waals surface area (Å²) < 4.78 is 0. The van der Waals surface area contributed by atoms with Crippen LogP contribution in [-0.4, -0.2) is 41.8 Å². The molecule has 0 spiro atoms. The van der Waals surface area contributed by atoms with E-state index in [-0.39, 0.29) is 36.2 Å². The second-order valence-electron chi connectivity index (χ2n) is 4.72. The monoisotopic (exact) mass is 251 g/mol. The Bertz CT molecular complexity index is 387. The van der Waals surface area contributed by atoms with Crippen molar-refractivity contribution in [3.8, 4) is 0 Å². The maximum absolute atomic E-state index is 11.8. The Morgan fingerprint density at radius 3 is 2.56 bits per heavy atom. The maximum Gasteiger partial charge on any atom is 0.253 e. The fourth-order valence-corrected chi connectivity index (χ4v) is 2.34. The van der Waals surface area contributed by atoms with E-state index < -0.39 is 0 Å². The molecule has 2 aliphatic rings. The fourth-order valence-electron chi connectivity index (χ4n) is 2.34. The molecule has 6 nitrogen and oxygen atoms in total. The van der Waals surface area contributed by atoms with Gasteiger partial charge in [-0.25, -0.2) is 0 Å². The minimum absolute atomic E-state index is 0.0249. The van der Waals surface area contributed by atoms with Crippen LogP contribution in [0.3, 0.4) is 0 Å². The molecule has 1 aliphatic carbocycles. The number of nitrogens with one attached hydrogen (secondary N) is 1. The summed E-state index contributed by atoms with van der Waals surface area (Å²) in [5, 5.41) is 2.74. The summed E-state index contributed by atoms with van der Waals surface area (Å²) in [5.41, 5.74) is 5.74. The summed E-state index contributed by atoms with van der Waals surface area (Å²) in [5.74, 6) is -0.701. The zero-order chi connectivity index (χ0) is 13.1. The Kier molecular flexibility index (Phi) is 3.76. The Balaban J connectivity index is 1.71. The van der Waals surface area contributed by atoms with E-state index in [0.717, 1.165) is 24.2 Å². The van der Waals surface area contributed by atoms with E-state index in [0.29, 0.717) is 6.54 Å². The zero-order valence-electron chi connectivity index (χ0n) is 10.1. The van der Waals surface area contributed by atoms with Crippen LogP contribution < -0.4 is 11.1 Å². The number of rotatable bonds is 4. The second-order valence-corrected chi connectivity index (χ2v) is 4.72. The largest absolute Gasteiger partial charge is 0.354 e. The lowest BCUT2D eigenvalue weighted by Crippen LogP contribution is -2.39. The first kappa shape index (κ1) is 12.8. The molecular formula is C12H17N3O3. The summed E-state index contributed by atoms with van der Waals surface area (Å²) >= 11 is 0. The predicted molar refractivity (Wildman–Crippen MR) is 64.2 cm³/mol. The highest BCUT2D eigenvalue weighted by Crippen LogP contribution is 2.23. The first-order chi connectivity index (χ1) is 8.58. The van der Waals surface area contributed by atoms with Crippen LogP contribution in [0.4, 0.5) is 0 Å². The van der Waals surface area contributed by atoms with Gasteiger partial charge in [-0.15, -0.1) is 0 Å². The topological polar surface area (TPSA) is 92.5 Å². The highest BCUT2D eigenvalue weighted by molar-refractivity contribution is 6.12. The van der Waals surface area contributed by atoms with E-state index in [1.165, 1.54) is 12.2 Å². The first-order valence-electron chi connectivity index (χ1n) is 6.15. The molecule has 0 aromatic heterocycles. The number of imide groups is 1. The number of carbonyl (C=O) groups excluding carboxylic acids is 3. The van der Waals surface area contributed by atoms with Gasteiger partial charge < -0.3 is 11.1 Å². The molecule has 0 unspecified atom stereocenters. The van der Waals surface area contributed by atoms with Crippen molar-refractivity contribution in [3.63, 3.8) is 0 Å². The number of nitrogens with two attached hydrogens (primary N) is 1. The maximum atomic E-state index is 11.8. The standard InChI is InChI=1S/C12H17N3O3/c13-9-2-1-8(7-9)12(18)14-5-6-15-10(16)3-4-11(15)17/h3-4,8-9H,1-2,5-7,13H2,(H,14,18)/t8-,9-/m0/s1. The number of hydrogen-bond acceptors (Lipinski definition) is 4. The van der Waals surface area contributed by atoms with Crippen molar-refractivity contribution >= 4 is 17.7 Å². The Morgan fingerprint density at radius 1 is 1.33 bits per heavy atom. The van der Waals surface area contributed by atoms with E-state index in [4.69, 9.17) is 5.73 Å². The molecule has 0 saturated heterocycles. The van der Waals surface area contributed by atoms with Crippen molar-refractivity contribution in [1.29, 1.82) is 0 Å². The van der Waals surface area contributed by atoms with Gasteiger partial charge in [0.15, 0.2) is 0 Å². The average Bonchev–Trinajstić information content (AvgIpc) is 2.89. The molecule has 1 saturated carbocycles. The summed E-state index contributed by atoms with van der Waals surface area (Å²) in [6.45, 7) is 0.513. The molecule has 0 radical (unpaired) electrons. The molecule has 98 valence electrons. The van der Waals surface area contributed by atoms with Crippen LogP contribution in [0.2, 0.25) is 0 Å². The van der Waals surface area contributed by atoms with Crippen LogP contribution in [0.15, 0.2) is 12.2 Å². The molecule has 2 atom stereocenters. The summed E-state index contributed by atoms with van der Waals surface area (Å²) in [7, 11) is 0. The molecule has 6 heteroatoms. The average molecular weight is 251 g/mol. The van der Waals surface area contributed by atoms with E-state index in [9.17, 15) is 14.4 Å². The third kappa shape index (κ3) is 2.76. The molecule has 1 heterocycles. The van der Waals surface area contributed by atoms with E-state index in [2.05, 4.69) is 5.32 Å². The van der Waals surface area contributed by atoms with Crippen LogP contribution in [0.5, 0.6) is 0 Å². The molecule has 1 fully saturated rings. The van der Waals surface area contributed by atoms with E-state index >= 15 is 0 Å². The molecule has 2 rings (SSSR count). The van der Waals surface area contributed by atoms with Crippen LogP contribution in [0, 0.1) is 5.92 Å². The summed E-state index contributed by atoms with van der Waals surface area (Å²) in [4.78, 5) is 35.4. The van der Waals surface area contributed by atoms with E-state index in [1.54, 1.807) is 0 Å². The molecule has 18 heavy (non-hydrogen) atoms. The lowest BCUT2D eigenvalue weighted by atomic mass is 10.1. The smallest absolute Gasteiger partial charge is 0.253 e. The van der Waals surface area contributed by atoms with Crippen molar-refractivity contribution in [2.24, 2.45) is 11.7 Å². The number of hydrogen-bond donors (Lipinski definition) is 2. The van der Waals surface area contributed by atoms with Gasteiger partial charge in [-0.3, -0.25) is 19.3 Å². The molecule has 3 N–H and O–H groups in total. The van der Waals surface area contributed by atoms with E-state index in [1.807, 2.05) is 0 Å². The van der Waals surface area contributed by atoms with Crippen LogP contribution in [0.1, 0.15) is 19.3 Å². The minimum atomic E-state index is -0.322. The molecule has 0 aromatic rings. The van der Waals surface area contributed by atoms with Gasteiger partial charge in [0.1, 0.15) is 0 Å². The lowest BCUT2D eigenvalue weighted by Gasteiger charge is -2.15. The summed E-state index contributed by atoms with van der Waals surface area (Å²) in [6.07, 6.45) is 4.89. The Hall–Kier alpha value is -1.69. The Labute approximate surface area is 105 Å². The quantitative estimate of drug-likeness (QED) is 0.637. The minimum Gasteiger partial charge on any atom is -0.354 e. The summed E-state index contributed by atoms with van der Waals surface area (Å²) in [6, 6.07) is 0.117. The van der Waals surface area contributed by atoms with Gasteiger partial charge in [0, 0.05) is 37.2 Å². The van der Waals surface area contributed by atoms with Gasteiger partial charge in [0.25, 0.3) is 11.8 Å². The van der Waals surface area contributed by atoms with Crippen LogP contribution in [-0.2, 0) is 14.4 Å². The SMILES string of the molecule is N[C@H]1CC[C@H](C(=O)NCCN2C(=O)C=CC2=O)C1. The van der Waals surface area contributed by atoms with Crippen molar-refractivity contribution in [2.45, 2.75) is 25.3 Å². The third-order valence-electron chi connectivity index (χ3n) is 3.38. The third-order valence-corrected chi connectivity index (χ3v) is 3.38. The lowest BCUT2D eigenvalue weighted by molar-refractivity contribution is -0.137. The predicted octanol–water partition coefficient (Wildman–Crippen LogP) is -0.845. The number of nitrogens with zero attached hydrogens (tertiary/aromatic N) is 1. The molecule has 1 aliphatic heterocycles. The molecule has 0 bridgehead atoms. The van der Waals surface area contributed by atoms with Crippen molar-refractivity contribution in [1.82, 2.24) is 10.2 Å². The number of carbonyl (C=O) groups is 3. The normalized spacial score (nSPS) is 27.1. The zero-order valence-corrected chi connectivity index (χ0v) is 10.1.